The van der Waals surface area contributed by atoms with Gasteiger partial charge in [0.15, 0.2) is 0 Å². The SMILES string of the molecule is CCCCC(C)(C)c1ccc2sc3cccc(-c4cc(C)cc(C(C)(C)C)c4)c3c2c1C(C)(C)C. The predicted molar refractivity (Wildman–Crippen MR) is 159 cm³/mol. The van der Waals surface area contributed by atoms with Crippen molar-refractivity contribution >= 4 is 31.5 Å². The molecule has 1 heterocycles. The van der Waals surface area contributed by atoms with Crippen LogP contribution in [0.2, 0.25) is 0 Å². The van der Waals surface area contributed by atoms with Crippen molar-refractivity contribution in [3.05, 3.63) is 70.8 Å². The van der Waals surface area contributed by atoms with Crippen molar-refractivity contribution in [1.29, 1.82) is 0 Å². The maximum absolute atomic E-state index is 2.45. The predicted octanol–water partition coefficient (Wildman–Crippen LogP) is 11.1. The summed E-state index contributed by atoms with van der Waals surface area (Å²) in [6, 6.07) is 18.9. The van der Waals surface area contributed by atoms with E-state index >= 15 is 0 Å². The van der Waals surface area contributed by atoms with Crippen molar-refractivity contribution < 1.29 is 0 Å². The maximum Gasteiger partial charge on any atom is 0.0361 e. The Morgan fingerprint density at radius 3 is 2.06 bits per heavy atom. The van der Waals surface area contributed by atoms with Gasteiger partial charge in [-0.25, -0.2) is 0 Å². The third kappa shape index (κ3) is 4.94. The largest absolute Gasteiger partial charge is 0.135 e. The Balaban J connectivity index is 2.12. The Morgan fingerprint density at radius 2 is 1.43 bits per heavy atom. The molecule has 186 valence electrons. The summed E-state index contributed by atoms with van der Waals surface area (Å²) in [6.07, 6.45) is 3.73. The zero-order valence-corrected chi connectivity index (χ0v) is 24.5. The molecule has 0 fully saturated rings. The molecule has 35 heavy (non-hydrogen) atoms. The second-order valence-electron chi connectivity index (χ2n) is 13.2. The van der Waals surface area contributed by atoms with Crippen LogP contribution >= 0.6 is 11.3 Å². The molecule has 3 aromatic carbocycles. The third-order valence-electron chi connectivity index (χ3n) is 7.55. The lowest BCUT2D eigenvalue weighted by Crippen LogP contribution is -2.24. The van der Waals surface area contributed by atoms with Crippen LogP contribution in [0.5, 0.6) is 0 Å². The van der Waals surface area contributed by atoms with Gasteiger partial charge < -0.3 is 0 Å². The first-order valence-corrected chi connectivity index (χ1v) is 14.2. The van der Waals surface area contributed by atoms with Crippen LogP contribution in [-0.4, -0.2) is 0 Å². The van der Waals surface area contributed by atoms with Gasteiger partial charge >= 0.3 is 0 Å². The highest BCUT2D eigenvalue weighted by molar-refractivity contribution is 7.26. The van der Waals surface area contributed by atoms with E-state index in [0.29, 0.717) is 0 Å². The summed E-state index contributed by atoms with van der Waals surface area (Å²) in [5.74, 6) is 0. The maximum atomic E-state index is 2.45. The standard InChI is InChI=1S/C34H44S/c1-11-12-18-34(9,10)26-16-17-28-30(31(26)33(6,7)8)29-25(14-13-15-27(29)35-28)23-19-22(2)20-24(21-23)32(3,4)5/h13-17,19-21H,11-12,18H2,1-10H3. The average molecular weight is 485 g/mol. The van der Waals surface area contributed by atoms with Crippen molar-refractivity contribution in [2.45, 2.75) is 105 Å². The number of rotatable bonds is 5. The zero-order valence-electron chi connectivity index (χ0n) is 23.6. The number of thiophene rings is 1. The van der Waals surface area contributed by atoms with Gasteiger partial charge in [0.25, 0.3) is 0 Å². The molecule has 0 unspecified atom stereocenters. The molecule has 0 spiro atoms. The summed E-state index contributed by atoms with van der Waals surface area (Å²) in [4.78, 5) is 0. The summed E-state index contributed by atoms with van der Waals surface area (Å²) in [5, 5.41) is 2.92. The molecule has 0 bridgehead atoms. The van der Waals surface area contributed by atoms with E-state index in [-0.39, 0.29) is 16.2 Å². The third-order valence-corrected chi connectivity index (χ3v) is 8.67. The molecule has 0 nitrogen and oxygen atoms in total. The van der Waals surface area contributed by atoms with Crippen LogP contribution in [0.25, 0.3) is 31.3 Å². The Bertz CT molecular complexity index is 1370. The zero-order chi connectivity index (χ0) is 25.8. The summed E-state index contributed by atoms with van der Waals surface area (Å²) in [5.41, 5.74) is 8.86. The van der Waals surface area contributed by atoms with E-state index in [1.165, 1.54) is 67.3 Å². The Morgan fingerprint density at radius 1 is 0.743 bits per heavy atom. The van der Waals surface area contributed by atoms with Crippen molar-refractivity contribution in [2.24, 2.45) is 0 Å². The molecule has 4 aromatic rings. The van der Waals surface area contributed by atoms with Gasteiger partial charge in [0.2, 0.25) is 0 Å². The van der Waals surface area contributed by atoms with E-state index in [1.54, 1.807) is 5.56 Å². The van der Waals surface area contributed by atoms with E-state index in [9.17, 15) is 0 Å². The minimum atomic E-state index is 0.0582. The fraction of sp³-hybridized carbons (Fsp3) is 0.471. The van der Waals surface area contributed by atoms with E-state index < -0.39 is 0 Å². The van der Waals surface area contributed by atoms with Crippen molar-refractivity contribution in [3.8, 4) is 11.1 Å². The van der Waals surface area contributed by atoms with Gasteiger partial charge in [0.1, 0.15) is 0 Å². The van der Waals surface area contributed by atoms with Crippen molar-refractivity contribution in [3.63, 3.8) is 0 Å². The summed E-state index contributed by atoms with van der Waals surface area (Å²) >= 11 is 1.95. The molecule has 1 heteroatoms. The molecule has 1 aromatic heterocycles. The van der Waals surface area contributed by atoms with Crippen LogP contribution < -0.4 is 0 Å². The number of benzene rings is 3. The molecule has 0 N–H and O–H groups in total. The minimum absolute atomic E-state index is 0.0582. The van der Waals surface area contributed by atoms with Crippen LogP contribution in [0.15, 0.2) is 48.5 Å². The molecule has 0 aliphatic heterocycles. The van der Waals surface area contributed by atoms with Gasteiger partial charge in [-0.3, -0.25) is 0 Å². The van der Waals surface area contributed by atoms with Gasteiger partial charge in [-0.05, 0) is 69.5 Å². The topological polar surface area (TPSA) is 0 Å². The van der Waals surface area contributed by atoms with Gasteiger partial charge in [0.05, 0.1) is 0 Å². The van der Waals surface area contributed by atoms with E-state index in [0.717, 1.165) is 0 Å². The second kappa shape index (κ2) is 9.07. The van der Waals surface area contributed by atoms with Crippen LogP contribution in [0.1, 0.15) is 104 Å². The lowest BCUT2D eigenvalue weighted by molar-refractivity contribution is 0.443. The highest BCUT2D eigenvalue weighted by Crippen LogP contribution is 2.48. The van der Waals surface area contributed by atoms with Gasteiger partial charge in [0, 0.05) is 20.2 Å². The molecule has 0 amide bonds. The molecule has 0 saturated heterocycles. The molecular formula is C34H44S. The molecule has 0 radical (unpaired) electrons. The first-order valence-electron chi connectivity index (χ1n) is 13.4. The molecule has 0 aliphatic rings. The second-order valence-corrected chi connectivity index (χ2v) is 14.3. The van der Waals surface area contributed by atoms with Gasteiger partial charge in [-0.1, -0.05) is 117 Å². The average Bonchev–Trinajstić information content (AvgIpc) is 3.14. The highest BCUT2D eigenvalue weighted by atomic mass is 32.1. The lowest BCUT2D eigenvalue weighted by atomic mass is 9.70. The Labute approximate surface area is 217 Å². The monoisotopic (exact) mass is 484 g/mol. The van der Waals surface area contributed by atoms with Crippen molar-refractivity contribution in [2.75, 3.05) is 0 Å². The van der Waals surface area contributed by atoms with Gasteiger partial charge in [-0.2, -0.15) is 0 Å². The van der Waals surface area contributed by atoms with Gasteiger partial charge in [-0.15, -0.1) is 11.3 Å². The Hall–Kier alpha value is -2.12. The van der Waals surface area contributed by atoms with E-state index in [4.69, 9.17) is 0 Å². The van der Waals surface area contributed by atoms with E-state index in [2.05, 4.69) is 118 Å². The summed E-state index contributed by atoms with van der Waals surface area (Å²) < 4.78 is 2.81. The highest BCUT2D eigenvalue weighted by Gasteiger charge is 2.31. The first kappa shape index (κ1) is 26.0. The number of unbranched alkanes of at least 4 members (excludes halogenated alkanes) is 1. The Kier molecular flexibility index (Phi) is 6.73. The molecular weight excluding hydrogens is 440 g/mol. The minimum Gasteiger partial charge on any atom is -0.135 e. The molecule has 0 aliphatic carbocycles. The smallest absolute Gasteiger partial charge is 0.0361 e. The molecule has 0 atom stereocenters. The number of aryl methyl sites for hydroxylation is 1. The fourth-order valence-corrected chi connectivity index (χ4v) is 6.76. The van der Waals surface area contributed by atoms with Crippen LogP contribution in [-0.2, 0) is 16.2 Å². The number of hydrogen-bond acceptors (Lipinski definition) is 1. The summed E-state index contributed by atoms with van der Waals surface area (Å²) in [7, 11) is 0. The lowest BCUT2D eigenvalue weighted by Gasteiger charge is -2.34. The first-order chi connectivity index (χ1) is 16.2. The molecule has 0 saturated carbocycles. The number of hydrogen-bond donors (Lipinski definition) is 0. The quantitative estimate of drug-likeness (QED) is 0.264. The normalized spacial score (nSPS) is 13.2. The number of fused-ring (bicyclic) bond motifs is 3. The molecule has 4 rings (SSSR count). The van der Waals surface area contributed by atoms with Crippen LogP contribution in [0, 0.1) is 6.92 Å². The summed E-state index contributed by atoms with van der Waals surface area (Å²) in [6.45, 7) is 23.6. The van der Waals surface area contributed by atoms with Crippen LogP contribution in [0.3, 0.4) is 0 Å². The fourth-order valence-electron chi connectivity index (χ4n) is 5.62. The van der Waals surface area contributed by atoms with E-state index in [1.807, 2.05) is 11.3 Å². The van der Waals surface area contributed by atoms with Crippen molar-refractivity contribution in [1.82, 2.24) is 0 Å². The van der Waals surface area contributed by atoms with Crippen LogP contribution in [0.4, 0.5) is 0 Å².